The number of rotatable bonds is 7. The van der Waals surface area contributed by atoms with Crippen molar-refractivity contribution < 1.29 is 8.83 Å². The molecule has 0 radical (unpaired) electrons. The van der Waals surface area contributed by atoms with E-state index in [1.54, 1.807) is 0 Å². The fraction of sp³-hybridized carbons (Fsp3) is 0. The monoisotopic (exact) mass is 882 g/mol. The number of fused-ring (bicyclic) bond motifs is 9. The van der Waals surface area contributed by atoms with Crippen LogP contribution in [0.3, 0.4) is 0 Å². The van der Waals surface area contributed by atoms with Gasteiger partial charge in [0.25, 0.3) is 0 Å². The maximum atomic E-state index is 6.27. The van der Waals surface area contributed by atoms with Gasteiger partial charge in [-0.05, 0) is 101 Å². The van der Waals surface area contributed by atoms with Gasteiger partial charge in [-0.15, -0.1) is 0 Å². The van der Waals surface area contributed by atoms with E-state index in [1.807, 2.05) is 60.7 Å². The van der Waals surface area contributed by atoms with Crippen molar-refractivity contribution in [2.75, 3.05) is 0 Å². The van der Waals surface area contributed by atoms with Gasteiger partial charge in [0.2, 0.25) is 0 Å². The molecule has 14 rings (SSSR count). The van der Waals surface area contributed by atoms with Crippen LogP contribution in [-0.4, -0.2) is 19.5 Å². The van der Waals surface area contributed by atoms with Crippen molar-refractivity contribution in [1.29, 1.82) is 0 Å². The average Bonchev–Trinajstić information content (AvgIpc) is 4.10. The van der Waals surface area contributed by atoms with Crippen molar-refractivity contribution >= 4 is 65.7 Å². The number of hydrogen-bond acceptors (Lipinski definition) is 5. The zero-order valence-corrected chi connectivity index (χ0v) is 37.0. The van der Waals surface area contributed by atoms with Crippen LogP contribution in [0.25, 0.3) is 139 Å². The lowest BCUT2D eigenvalue weighted by Crippen LogP contribution is -2.04. The molecule has 6 heteroatoms. The molecule has 0 aliphatic carbocycles. The first kappa shape index (κ1) is 38.8. The van der Waals surface area contributed by atoms with Crippen molar-refractivity contribution in [1.82, 2.24) is 19.5 Å². The zero-order chi connectivity index (χ0) is 45.4. The third kappa shape index (κ3) is 6.45. The quantitative estimate of drug-likeness (QED) is 0.159. The van der Waals surface area contributed by atoms with E-state index in [4.69, 9.17) is 23.8 Å². The average molecular weight is 883 g/mol. The highest BCUT2D eigenvalue weighted by atomic mass is 16.3. The van der Waals surface area contributed by atoms with Crippen molar-refractivity contribution in [2.45, 2.75) is 0 Å². The van der Waals surface area contributed by atoms with E-state index >= 15 is 0 Å². The van der Waals surface area contributed by atoms with Crippen LogP contribution in [0.15, 0.2) is 239 Å². The highest BCUT2D eigenvalue weighted by Gasteiger charge is 2.24. The summed E-state index contributed by atoms with van der Waals surface area (Å²) in [6.45, 7) is 0. The third-order valence-corrected chi connectivity index (χ3v) is 13.4. The molecule has 6 nitrogen and oxygen atoms in total. The summed E-state index contributed by atoms with van der Waals surface area (Å²) in [5.41, 5.74) is 15.8. The Hall–Kier alpha value is -9.39. The Bertz CT molecular complexity index is 4110. The van der Waals surface area contributed by atoms with Crippen LogP contribution in [0.1, 0.15) is 0 Å². The molecule has 322 valence electrons. The molecule has 10 aromatic carbocycles. The van der Waals surface area contributed by atoms with E-state index < -0.39 is 0 Å². The molecule has 4 aromatic heterocycles. The molecule has 0 unspecified atom stereocenters. The fourth-order valence-electron chi connectivity index (χ4n) is 10.2. The summed E-state index contributed by atoms with van der Waals surface area (Å²) in [5, 5.41) is 6.45. The van der Waals surface area contributed by atoms with Crippen LogP contribution in [0.2, 0.25) is 0 Å². The Morgan fingerprint density at radius 2 is 0.667 bits per heavy atom. The molecule has 0 N–H and O–H groups in total. The number of hydrogen-bond donors (Lipinski definition) is 0. The van der Waals surface area contributed by atoms with Gasteiger partial charge in [0, 0.05) is 60.1 Å². The van der Waals surface area contributed by atoms with Gasteiger partial charge in [0.15, 0.2) is 17.5 Å². The van der Waals surface area contributed by atoms with E-state index in [-0.39, 0.29) is 0 Å². The number of benzene rings is 10. The minimum atomic E-state index is 0.555. The number of para-hydroxylation sites is 3. The lowest BCUT2D eigenvalue weighted by atomic mass is 9.92. The molecular weight excluding hydrogens is 845 g/mol. The van der Waals surface area contributed by atoms with Gasteiger partial charge in [-0.3, -0.25) is 0 Å². The first-order valence-corrected chi connectivity index (χ1v) is 23.2. The number of aromatic nitrogens is 4. The SMILES string of the molecule is c1ccc(-c2ccc3c(c2)c2ccccc2n3-c2c(-c3ccccc3)cc(-c3nc(-c4ccc5oc6ccccc6c5c4)nc(-c4ccc5oc6ccccc6c5c4)n3)cc2-c2ccccc2)cc1. The Morgan fingerprint density at radius 3 is 1.22 bits per heavy atom. The largest absolute Gasteiger partial charge is 0.456 e. The molecule has 0 aliphatic heterocycles. The van der Waals surface area contributed by atoms with Crippen molar-refractivity contribution in [2.24, 2.45) is 0 Å². The Balaban J connectivity index is 1.05. The van der Waals surface area contributed by atoms with Crippen LogP contribution >= 0.6 is 0 Å². The number of nitrogens with zero attached hydrogens (tertiary/aromatic N) is 4. The molecule has 0 aliphatic rings. The molecule has 69 heavy (non-hydrogen) atoms. The van der Waals surface area contributed by atoms with E-state index in [9.17, 15) is 0 Å². The lowest BCUT2D eigenvalue weighted by molar-refractivity contribution is 0.668. The highest BCUT2D eigenvalue weighted by molar-refractivity contribution is 6.12. The standard InChI is InChI=1S/C63H38N4O2/c1-4-16-39(17-5-1)42-28-31-55-51(34-42)46-22-10-13-25-54(46)67(55)60-49(40-18-6-2-7-19-40)37-45(38-50(60)41-20-8-3-9-21-41)63-65-61(43-29-32-58-52(35-43)47-23-11-14-26-56(47)68-58)64-62(66-63)44-30-33-59-53(36-44)48-24-12-15-27-57(48)69-59/h1-38H. The van der Waals surface area contributed by atoms with E-state index in [1.165, 1.54) is 21.9 Å². The minimum absolute atomic E-state index is 0.555. The van der Waals surface area contributed by atoms with Gasteiger partial charge in [0.05, 0.1) is 16.7 Å². The van der Waals surface area contributed by atoms with Crippen LogP contribution in [0.4, 0.5) is 0 Å². The smallest absolute Gasteiger partial charge is 0.164 e. The Kier molecular flexibility index (Phi) is 8.79. The van der Waals surface area contributed by atoms with Crippen molar-refractivity contribution in [3.8, 4) is 73.2 Å². The molecule has 0 amide bonds. The first-order chi connectivity index (χ1) is 34.2. The maximum Gasteiger partial charge on any atom is 0.164 e. The van der Waals surface area contributed by atoms with Crippen LogP contribution in [-0.2, 0) is 0 Å². The molecule has 0 saturated carbocycles. The summed E-state index contributed by atoms with van der Waals surface area (Å²) in [5.74, 6) is 1.67. The lowest BCUT2D eigenvalue weighted by Gasteiger charge is -2.21. The Labute approximate surface area is 396 Å². The minimum Gasteiger partial charge on any atom is -0.456 e. The van der Waals surface area contributed by atoms with E-state index in [0.29, 0.717) is 17.5 Å². The normalized spacial score (nSPS) is 11.8. The summed E-state index contributed by atoms with van der Waals surface area (Å²) >= 11 is 0. The van der Waals surface area contributed by atoms with Gasteiger partial charge >= 0.3 is 0 Å². The summed E-state index contributed by atoms with van der Waals surface area (Å²) in [6.07, 6.45) is 0. The second-order valence-electron chi connectivity index (χ2n) is 17.5. The third-order valence-electron chi connectivity index (χ3n) is 13.4. The summed E-state index contributed by atoms with van der Waals surface area (Å²) in [4.78, 5) is 16.1. The first-order valence-electron chi connectivity index (χ1n) is 23.2. The molecule has 0 atom stereocenters. The molecule has 0 spiro atoms. The zero-order valence-electron chi connectivity index (χ0n) is 37.0. The van der Waals surface area contributed by atoms with Crippen molar-refractivity contribution in [3.05, 3.63) is 231 Å². The topological polar surface area (TPSA) is 69.9 Å². The predicted molar refractivity (Wildman–Crippen MR) is 281 cm³/mol. The fourth-order valence-corrected chi connectivity index (χ4v) is 10.2. The molecule has 4 heterocycles. The summed E-state index contributed by atoms with van der Waals surface area (Å²) in [7, 11) is 0. The highest BCUT2D eigenvalue weighted by Crippen LogP contribution is 2.45. The van der Waals surface area contributed by atoms with E-state index in [2.05, 4.69) is 174 Å². The summed E-state index contributed by atoms with van der Waals surface area (Å²) in [6, 6.07) is 80.7. The second-order valence-corrected chi connectivity index (χ2v) is 17.5. The van der Waals surface area contributed by atoms with Gasteiger partial charge in [-0.25, -0.2) is 15.0 Å². The van der Waals surface area contributed by atoms with E-state index in [0.717, 1.165) is 99.5 Å². The Morgan fingerprint density at radius 1 is 0.261 bits per heavy atom. The molecular formula is C63H38N4O2. The second kappa shape index (κ2) is 15.6. The van der Waals surface area contributed by atoms with Crippen LogP contribution < -0.4 is 0 Å². The van der Waals surface area contributed by atoms with Crippen LogP contribution in [0, 0.1) is 0 Å². The van der Waals surface area contributed by atoms with Gasteiger partial charge in [-0.2, -0.15) is 0 Å². The summed E-state index contributed by atoms with van der Waals surface area (Å²) < 4.78 is 15.0. The molecule has 14 aromatic rings. The van der Waals surface area contributed by atoms with Crippen LogP contribution in [0.5, 0.6) is 0 Å². The number of furan rings is 2. The maximum absolute atomic E-state index is 6.27. The van der Waals surface area contributed by atoms with Gasteiger partial charge < -0.3 is 13.4 Å². The molecule has 0 saturated heterocycles. The van der Waals surface area contributed by atoms with Gasteiger partial charge in [-0.1, -0.05) is 152 Å². The molecule has 0 bridgehead atoms. The predicted octanol–water partition coefficient (Wildman–Crippen LogP) is 16.8. The van der Waals surface area contributed by atoms with Crippen molar-refractivity contribution in [3.63, 3.8) is 0 Å². The molecule has 0 fully saturated rings. The van der Waals surface area contributed by atoms with Gasteiger partial charge in [0.1, 0.15) is 22.3 Å².